The smallest absolute Gasteiger partial charge is 0.264 e. The summed E-state index contributed by atoms with van der Waals surface area (Å²) in [6.45, 7) is 7.67. The fourth-order valence-corrected chi connectivity index (χ4v) is 4.56. The van der Waals surface area contributed by atoms with Crippen molar-refractivity contribution in [3.05, 3.63) is 94.5 Å². The number of anilines is 1. The van der Waals surface area contributed by atoms with Crippen LogP contribution in [0.3, 0.4) is 0 Å². The zero-order valence-corrected chi connectivity index (χ0v) is 19.3. The van der Waals surface area contributed by atoms with Gasteiger partial charge in [0.05, 0.1) is 16.6 Å². The molecule has 6 heteroatoms. The molecule has 5 nitrogen and oxygen atoms in total. The van der Waals surface area contributed by atoms with E-state index in [1.807, 2.05) is 52.0 Å². The number of sulfonamides is 1. The Hall–Kier alpha value is -3.12. The predicted molar refractivity (Wildman–Crippen MR) is 125 cm³/mol. The first-order valence-corrected chi connectivity index (χ1v) is 11.6. The van der Waals surface area contributed by atoms with Gasteiger partial charge in [0, 0.05) is 12.6 Å². The highest BCUT2D eigenvalue weighted by molar-refractivity contribution is 7.92. The van der Waals surface area contributed by atoms with E-state index in [4.69, 9.17) is 0 Å². The lowest BCUT2D eigenvalue weighted by Crippen LogP contribution is -2.29. The number of carbonyl (C=O) groups is 1. The van der Waals surface area contributed by atoms with Gasteiger partial charge in [0.25, 0.3) is 15.9 Å². The third-order valence-corrected chi connectivity index (χ3v) is 7.20. The Kier molecular flexibility index (Phi) is 6.51. The van der Waals surface area contributed by atoms with Gasteiger partial charge in [-0.3, -0.25) is 9.10 Å². The van der Waals surface area contributed by atoms with Crippen LogP contribution in [0.5, 0.6) is 0 Å². The van der Waals surface area contributed by atoms with Crippen molar-refractivity contribution in [3.8, 4) is 0 Å². The Morgan fingerprint density at radius 3 is 2.00 bits per heavy atom. The number of amides is 1. The van der Waals surface area contributed by atoms with E-state index in [-0.39, 0.29) is 16.8 Å². The molecule has 0 radical (unpaired) electrons. The van der Waals surface area contributed by atoms with E-state index in [0.29, 0.717) is 11.3 Å². The van der Waals surface area contributed by atoms with Crippen molar-refractivity contribution in [3.63, 3.8) is 0 Å². The minimum Gasteiger partial charge on any atom is -0.346 e. The monoisotopic (exact) mass is 436 g/mol. The van der Waals surface area contributed by atoms with Crippen LogP contribution in [0.25, 0.3) is 0 Å². The first-order valence-electron chi connectivity index (χ1n) is 10.1. The first kappa shape index (κ1) is 22.6. The Labute approximate surface area is 184 Å². The van der Waals surface area contributed by atoms with Gasteiger partial charge < -0.3 is 5.32 Å². The molecule has 0 saturated heterocycles. The quantitative estimate of drug-likeness (QED) is 0.596. The van der Waals surface area contributed by atoms with Gasteiger partial charge in [-0.1, -0.05) is 53.6 Å². The van der Waals surface area contributed by atoms with Crippen LogP contribution in [0.1, 0.15) is 45.6 Å². The highest BCUT2D eigenvalue weighted by Crippen LogP contribution is 2.27. The zero-order valence-electron chi connectivity index (χ0n) is 18.5. The van der Waals surface area contributed by atoms with Crippen molar-refractivity contribution in [1.82, 2.24) is 5.32 Å². The van der Waals surface area contributed by atoms with Crippen LogP contribution in [0, 0.1) is 20.8 Å². The molecule has 0 bridgehead atoms. The van der Waals surface area contributed by atoms with Crippen LogP contribution < -0.4 is 9.62 Å². The minimum absolute atomic E-state index is 0.174. The summed E-state index contributed by atoms with van der Waals surface area (Å²) in [5, 5.41) is 2.99. The lowest BCUT2D eigenvalue weighted by molar-refractivity contribution is 0.0940. The number of carbonyl (C=O) groups excluding carboxylic acids is 1. The zero-order chi connectivity index (χ0) is 22.8. The lowest BCUT2D eigenvalue weighted by atomic mass is 10.1. The molecule has 3 aromatic rings. The normalized spacial score (nSPS) is 12.3. The van der Waals surface area contributed by atoms with Gasteiger partial charge in [-0.2, -0.15) is 0 Å². The topological polar surface area (TPSA) is 66.5 Å². The highest BCUT2D eigenvalue weighted by Gasteiger charge is 2.23. The third kappa shape index (κ3) is 4.97. The van der Waals surface area contributed by atoms with E-state index >= 15 is 0 Å². The van der Waals surface area contributed by atoms with Gasteiger partial charge in [0.15, 0.2) is 0 Å². The molecule has 0 aliphatic heterocycles. The molecule has 0 saturated carbocycles. The standard InChI is InChI=1S/C25H28N2O3S/c1-17-6-11-21(12-7-17)20(4)26-25(28)22-13-10-19(3)24(16-22)27(5)31(29,30)23-14-8-18(2)9-15-23/h6-16,20H,1-5H3,(H,26,28)/t20-/m1/s1. The molecule has 0 fully saturated rings. The molecule has 3 aromatic carbocycles. The molecular formula is C25H28N2O3S. The molecular weight excluding hydrogens is 408 g/mol. The van der Waals surface area contributed by atoms with E-state index in [1.165, 1.54) is 11.4 Å². The van der Waals surface area contributed by atoms with Crippen LogP contribution in [-0.2, 0) is 10.0 Å². The lowest BCUT2D eigenvalue weighted by Gasteiger charge is -2.22. The Balaban J connectivity index is 1.86. The van der Waals surface area contributed by atoms with Crippen molar-refractivity contribution in [2.24, 2.45) is 0 Å². The van der Waals surface area contributed by atoms with Crippen LogP contribution in [0.2, 0.25) is 0 Å². The van der Waals surface area contributed by atoms with Gasteiger partial charge in [0.1, 0.15) is 0 Å². The molecule has 0 aliphatic carbocycles. The van der Waals surface area contributed by atoms with Crippen LogP contribution in [-0.4, -0.2) is 21.4 Å². The maximum absolute atomic E-state index is 13.1. The Morgan fingerprint density at radius 1 is 0.871 bits per heavy atom. The number of nitrogens with one attached hydrogen (secondary N) is 1. The molecule has 1 N–H and O–H groups in total. The average Bonchev–Trinajstić information content (AvgIpc) is 2.74. The SMILES string of the molecule is Cc1ccc([C@@H](C)NC(=O)c2ccc(C)c(N(C)S(=O)(=O)c3ccc(C)cc3)c2)cc1. The number of hydrogen-bond acceptors (Lipinski definition) is 3. The van der Waals surface area contributed by atoms with E-state index in [0.717, 1.165) is 22.3 Å². The maximum atomic E-state index is 13.1. The molecule has 3 rings (SSSR count). The van der Waals surface area contributed by atoms with Crippen molar-refractivity contribution in [2.45, 2.75) is 38.6 Å². The second-order valence-electron chi connectivity index (χ2n) is 7.89. The van der Waals surface area contributed by atoms with Crippen molar-refractivity contribution < 1.29 is 13.2 Å². The molecule has 1 atom stereocenters. The number of benzene rings is 3. The summed E-state index contributed by atoms with van der Waals surface area (Å²) in [7, 11) is -2.23. The molecule has 0 heterocycles. The predicted octanol–water partition coefficient (Wildman–Crippen LogP) is 4.93. The van der Waals surface area contributed by atoms with E-state index < -0.39 is 10.0 Å². The summed E-state index contributed by atoms with van der Waals surface area (Å²) in [4.78, 5) is 13.1. The van der Waals surface area contributed by atoms with Crippen molar-refractivity contribution in [2.75, 3.05) is 11.4 Å². The fourth-order valence-electron chi connectivity index (χ4n) is 3.31. The Morgan fingerprint density at radius 2 is 1.42 bits per heavy atom. The van der Waals surface area contributed by atoms with Gasteiger partial charge in [-0.25, -0.2) is 8.42 Å². The molecule has 0 unspecified atom stereocenters. The van der Waals surface area contributed by atoms with Gasteiger partial charge in [-0.15, -0.1) is 0 Å². The fraction of sp³-hybridized carbons (Fsp3) is 0.240. The minimum atomic E-state index is -3.74. The van der Waals surface area contributed by atoms with Gasteiger partial charge in [0.2, 0.25) is 0 Å². The second-order valence-corrected chi connectivity index (χ2v) is 9.86. The molecule has 31 heavy (non-hydrogen) atoms. The first-order chi connectivity index (χ1) is 14.6. The number of aryl methyl sites for hydroxylation is 3. The van der Waals surface area contributed by atoms with Crippen molar-refractivity contribution in [1.29, 1.82) is 0 Å². The van der Waals surface area contributed by atoms with Gasteiger partial charge in [-0.05, 0) is 63.1 Å². The molecule has 0 aliphatic rings. The van der Waals surface area contributed by atoms with Crippen LogP contribution >= 0.6 is 0 Å². The largest absolute Gasteiger partial charge is 0.346 e. The van der Waals surface area contributed by atoms with Crippen molar-refractivity contribution >= 4 is 21.6 Å². The molecule has 0 aromatic heterocycles. The number of rotatable bonds is 6. The van der Waals surface area contributed by atoms with E-state index in [9.17, 15) is 13.2 Å². The maximum Gasteiger partial charge on any atom is 0.264 e. The van der Waals surface area contributed by atoms with E-state index in [2.05, 4.69) is 5.32 Å². The average molecular weight is 437 g/mol. The summed E-state index contributed by atoms with van der Waals surface area (Å²) in [6.07, 6.45) is 0. The Bertz CT molecular complexity index is 1180. The summed E-state index contributed by atoms with van der Waals surface area (Å²) in [5.41, 5.74) is 4.79. The van der Waals surface area contributed by atoms with Crippen LogP contribution in [0.15, 0.2) is 71.6 Å². The molecule has 1 amide bonds. The molecule has 0 spiro atoms. The van der Waals surface area contributed by atoms with E-state index in [1.54, 1.807) is 42.5 Å². The highest BCUT2D eigenvalue weighted by atomic mass is 32.2. The number of nitrogens with zero attached hydrogens (tertiary/aromatic N) is 1. The summed E-state index contributed by atoms with van der Waals surface area (Å²) < 4.78 is 27.4. The molecule has 162 valence electrons. The summed E-state index contributed by atoms with van der Waals surface area (Å²) >= 11 is 0. The van der Waals surface area contributed by atoms with Crippen LogP contribution in [0.4, 0.5) is 5.69 Å². The summed E-state index contributed by atoms with van der Waals surface area (Å²) in [5.74, 6) is -0.254. The summed E-state index contributed by atoms with van der Waals surface area (Å²) in [6, 6.07) is 19.6. The number of hydrogen-bond donors (Lipinski definition) is 1. The second kappa shape index (κ2) is 8.94. The van der Waals surface area contributed by atoms with Gasteiger partial charge >= 0.3 is 0 Å². The third-order valence-electron chi connectivity index (χ3n) is 5.41.